The van der Waals surface area contributed by atoms with Gasteiger partial charge in [-0.05, 0) is 50.1 Å². The van der Waals surface area contributed by atoms with Crippen molar-refractivity contribution in [1.82, 2.24) is 0 Å². The maximum Gasteiger partial charge on any atom is 0.338 e. The quantitative estimate of drug-likeness (QED) is 0.767. The number of sulfone groups is 1. The predicted octanol–water partition coefficient (Wildman–Crippen LogP) is 3.03. The van der Waals surface area contributed by atoms with Crippen LogP contribution < -0.4 is 5.32 Å². The van der Waals surface area contributed by atoms with Crippen molar-refractivity contribution in [1.29, 1.82) is 0 Å². The highest BCUT2D eigenvalue weighted by atomic mass is 32.2. The summed E-state index contributed by atoms with van der Waals surface area (Å²) in [5.41, 5.74) is 3.33. The fourth-order valence-electron chi connectivity index (χ4n) is 2.56. The second-order valence-electron chi connectivity index (χ2n) is 6.63. The predicted molar refractivity (Wildman–Crippen MR) is 104 cm³/mol. The number of carbonyl (C=O) groups is 2. The van der Waals surface area contributed by atoms with Gasteiger partial charge in [0.05, 0.1) is 11.3 Å². The maximum atomic E-state index is 12.3. The Morgan fingerprint density at radius 2 is 1.81 bits per heavy atom. The Balaban J connectivity index is 2.04. The smallest absolute Gasteiger partial charge is 0.338 e. The van der Waals surface area contributed by atoms with Gasteiger partial charge in [-0.1, -0.05) is 29.8 Å². The third-order valence-electron chi connectivity index (χ3n) is 3.88. The largest absolute Gasteiger partial charge is 0.449 e. The average molecular weight is 389 g/mol. The highest BCUT2D eigenvalue weighted by Crippen LogP contribution is 2.17. The van der Waals surface area contributed by atoms with Crippen LogP contribution in [0.5, 0.6) is 0 Å². The van der Waals surface area contributed by atoms with Gasteiger partial charge in [0.25, 0.3) is 5.91 Å². The molecule has 0 saturated heterocycles. The highest BCUT2D eigenvalue weighted by molar-refractivity contribution is 7.89. The molecule has 0 aliphatic heterocycles. The number of ether oxygens (including phenoxy) is 1. The second-order valence-corrected chi connectivity index (χ2v) is 8.77. The summed E-state index contributed by atoms with van der Waals surface area (Å²) in [6.45, 7) is 5.32. The molecule has 0 unspecified atom stereocenters. The average Bonchev–Trinajstić information content (AvgIpc) is 2.55. The van der Waals surface area contributed by atoms with Crippen molar-refractivity contribution in [2.75, 3.05) is 11.6 Å². The van der Waals surface area contributed by atoms with Crippen molar-refractivity contribution >= 4 is 27.4 Å². The maximum absolute atomic E-state index is 12.3. The summed E-state index contributed by atoms with van der Waals surface area (Å²) in [5.74, 6) is -1.30. The van der Waals surface area contributed by atoms with Crippen LogP contribution in [0.4, 0.5) is 5.69 Å². The lowest BCUT2D eigenvalue weighted by atomic mass is 10.1. The number of hydrogen-bond donors (Lipinski definition) is 1. The zero-order chi connectivity index (χ0) is 20.2. The first-order valence-electron chi connectivity index (χ1n) is 8.41. The van der Waals surface area contributed by atoms with Gasteiger partial charge in [0.15, 0.2) is 15.9 Å². The number of carbonyl (C=O) groups excluding carboxylic acids is 2. The van der Waals surface area contributed by atoms with E-state index in [4.69, 9.17) is 4.74 Å². The van der Waals surface area contributed by atoms with Crippen LogP contribution in [0.15, 0.2) is 42.5 Å². The Morgan fingerprint density at radius 3 is 2.44 bits per heavy atom. The zero-order valence-electron chi connectivity index (χ0n) is 15.8. The summed E-state index contributed by atoms with van der Waals surface area (Å²) in [6.07, 6.45) is 0.119. The van der Waals surface area contributed by atoms with E-state index in [0.717, 1.165) is 17.4 Å². The van der Waals surface area contributed by atoms with Crippen molar-refractivity contribution in [2.45, 2.75) is 32.6 Å². The molecule has 0 heterocycles. The van der Waals surface area contributed by atoms with Crippen LogP contribution in [0.1, 0.15) is 34.0 Å². The molecule has 0 bridgehead atoms. The number of esters is 1. The molecular weight excluding hydrogens is 366 g/mol. The number of rotatable bonds is 6. The summed E-state index contributed by atoms with van der Waals surface area (Å²) in [5, 5.41) is 2.74. The summed E-state index contributed by atoms with van der Waals surface area (Å²) in [6, 6.07) is 11.8. The molecular formula is C20H23NO5S. The fraction of sp³-hybridized carbons (Fsp3) is 0.300. The van der Waals surface area contributed by atoms with Gasteiger partial charge in [-0.25, -0.2) is 13.2 Å². The van der Waals surface area contributed by atoms with E-state index in [1.165, 1.54) is 19.1 Å². The summed E-state index contributed by atoms with van der Waals surface area (Å²) >= 11 is 0. The molecule has 144 valence electrons. The Morgan fingerprint density at radius 1 is 1.11 bits per heavy atom. The normalized spacial score (nSPS) is 12.3. The van der Waals surface area contributed by atoms with E-state index >= 15 is 0 Å². The Kier molecular flexibility index (Phi) is 6.38. The standard InChI is InChI=1S/C20H23NO5S/c1-13-8-9-18(14(2)10-13)21-19(22)15(3)26-20(23)17-7-5-6-16(11-17)12-27(4,24)25/h5-11,15H,12H2,1-4H3,(H,21,22)/t15-/m1/s1. The van der Waals surface area contributed by atoms with Crippen molar-refractivity contribution in [3.63, 3.8) is 0 Å². The van der Waals surface area contributed by atoms with Crippen LogP contribution >= 0.6 is 0 Å². The number of hydrogen-bond acceptors (Lipinski definition) is 5. The van der Waals surface area contributed by atoms with E-state index in [0.29, 0.717) is 11.3 Å². The van der Waals surface area contributed by atoms with Crippen LogP contribution in [-0.2, 0) is 25.1 Å². The number of benzene rings is 2. The number of amides is 1. The molecule has 2 aromatic rings. The minimum absolute atomic E-state index is 0.170. The molecule has 2 rings (SSSR count). The molecule has 0 saturated carbocycles. The topological polar surface area (TPSA) is 89.5 Å². The molecule has 2 aromatic carbocycles. The first-order valence-corrected chi connectivity index (χ1v) is 10.5. The van der Waals surface area contributed by atoms with Gasteiger partial charge in [0, 0.05) is 11.9 Å². The number of anilines is 1. The zero-order valence-corrected chi connectivity index (χ0v) is 16.6. The van der Waals surface area contributed by atoms with Gasteiger partial charge < -0.3 is 10.1 Å². The molecule has 27 heavy (non-hydrogen) atoms. The molecule has 1 amide bonds. The van der Waals surface area contributed by atoms with Gasteiger partial charge in [-0.15, -0.1) is 0 Å². The van der Waals surface area contributed by atoms with E-state index < -0.39 is 27.8 Å². The Bertz CT molecular complexity index is 966. The summed E-state index contributed by atoms with van der Waals surface area (Å²) in [4.78, 5) is 24.6. The van der Waals surface area contributed by atoms with E-state index in [-0.39, 0.29) is 11.3 Å². The molecule has 6 nitrogen and oxygen atoms in total. The highest BCUT2D eigenvalue weighted by Gasteiger charge is 2.20. The van der Waals surface area contributed by atoms with Crippen molar-refractivity contribution in [3.05, 3.63) is 64.7 Å². The van der Waals surface area contributed by atoms with E-state index in [2.05, 4.69) is 5.32 Å². The minimum atomic E-state index is -3.21. The fourth-order valence-corrected chi connectivity index (χ4v) is 3.35. The molecule has 0 radical (unpaired) electrons. The van der Waals surface area contributed by atoms with Gasteiger partial charge >= 0.3 is 5.97 Å². The van der Waals surface area contributed by atoms with Crippen LogP contribution in [0.3, 0.4) is 0 Å². The molecule has 0 fully saturated rings. The van der Waals surface area contributed by atoms with E-state index in [9.17, 15) is 18.0 Å². The van der Waals surface area contributed by atoms with Gasteiger partial charge in [-0.2, -0.15) is 0 Å². The molecule has 0 spiro atoms. The van der Waals surface area contributed by atoms with Crippen molar-refractivity contribution in [3.8, 4) is 0 Å². The molecule has 7 heteroatoms. The minimum Gasteiger partial charge on any atom is -0.449 e. The molecule has 0 aliphatic rings. The van der Waals surface area contributed by atoms with E-state index in [1.807, 2.05) is 26.0 Å². The second kappa shape index (κ2) is 8.35. The SMILES string of the molecule is Cc1ccc(NC(=O)[C@@H](C)OC(=O)c2cccc(CS(C)(=O)=O)c2)c(C)c1. The molecule has 0 aliphatic carbocycles. The molecule has 1 atom stereocenters. The Labute approximate surface area is 159 Å². The first-order chi connectivity index (χ1) is 12.5. The monoisotopic (exact) mass is 389 g/mol. The lowest BCUT2D eigenvalue weighted by Gasteiger charge is -2.15. The summed E-state index contributed by atoms with van der Waals surface area (Å²) < 4.78 is 28.0. The Hall–Kier alpha value is -2.67. The lowest BCUT2D eigenvalue weighted by Crippen LogP contribution is -2.30. The first kappa shape index (κ1) is 20.6. The summed E-state index contributed by atoms with van der Waals surface area (Å²) in [7, 11) is -3.21. The third-order valence-corrected chi connectivity index (χ3v) is 4.74. The van der Waals surface area contributed by atoms with Gasteiger partial charge in [-0.3, -0.25) is 4.79 Å². The van der Waals surface area contributed by atoms with Crippen molar-refractivity contribution in [2.24, 2.45) is 0 Å². The van der Waals surface area contributed by atoms with Crippen LogP contribution in [0.2, 0.25) is 0 Å². The van der Waals surface area contributed by atoms with Crippen LogP contribution in [0.25, 0.3) is 0 Å². The van der Waals surface area contributed by atoms with E-state index in [1.54, 1.807) is 18.2 Å². The van der Waals surface area contributed by atoms with Crippen LogP contribution in [-0.4, -0.2) is 32.7 Å². The molecule has 0 aromatic heterocycles. The van der Waals surface area contributed by atoms with Crippen LogP contribution in [0, 0.1) is 13.8 Å². The number of aryl methyl sites for hydroxylation is 2. The number of nitrogens with one attached hydrogen (secondary N) is 1. The third kappa shape index (κ3) is 6.21. The van der Waals surface area contributed by atoms with Gasteiger partial charge in [0.2, 0.25) is 0 Å². The van der Waals surface area contributed by atoms with Gasteiger partial charge in [0.1, 0.15) is 0 Å². The molecule has 1 N–H and O–H groups in total. The van der Waals surface area contributed by atoms with Crippen molar-refractivity contribution < 1.29 is 22.7 Å². The lowest BCUT2D eigenvalue weighted by molar-refractivity contribution is -0.123.